The van der Waals surface area contributed by atoms with Crippen molar-refractivity contribution in [2.75, 3.05) is 24.1 Å². The van der Waals surface area contributed by atoms with Crippen LogP contribution in [0.5, 0.6) is 0 Å². The third kappa shape index (κ3) is 4.35. The van der Waals surface area contributed by atoms with E-state index in [0.29, 0.717) is 30.2 Å². The number of anilines is 2. The van der Waals surface area contributed by atoms with Gasteiger partial charge in [-0.15, -0.1) is 0 Å². The topological polar surface area (TPSA) is 114 Å². The highest BCUT2D eigenvalue weighted by atomic mass is 19.1. The van der Waals surface area contributed by atoms with E-state index in [-0.39, 0.29) is 34.8 Å². The van der Waals surface area contributed by atoms with Crippen molar-refractivity contribution in [2.45, 2.75) is 18.9 Å². The van der Waals surface area contributed by atoms with Crippen molar-refractivity contribution in [3.8, 4) is 0 Å². The monoisotopic (exact) mass is 484 g/mol. The van der Waals surface area contributed by atoms with Crippen molar-refractivity contribution >= 4 is 29.2 Å². The fourth-order valence-corrected chi connectivity index (χ4v) is 4.91. The molecular formula is C27H25FN6O2. The molecule has 0 radical (unpaired) electrons. The second-order valence-corrected chi connectivity index (χ2v) is 8.84. The summed E-state index contributed by atoms with van der Waals surface area (Å²) in [7, 11) is 0. The molecule has 3 N–H and O–H groups in total. The van der Waals surface area contributed by atoms with Crippen LogP contribution in [0.3, 0.4) is 0 Å². The summed E-state index contributed by atoms with van der Waals surface area (Å²) in [6, 6.07) is 11.0. The molecule has 1 saturated heterocycles. The Hall–Kier alpha value is -4.40. The van der Waals surface area contributed by atoms with Crippen molar-refractivity contribution in [3.63, 3.8) is 0 Å². The maximum absolute atomic E-state index is 15.4. The van der Waals surface area contributed by atoms with Gasteiger partial charge in [0.15, 0.2) is 0 Å². The maximum atomic E-state index is 15.4. The fraction of sp³-hybridized carbons (Fsp3) is 0.222. The van der Waals surface area contributed by atoms with Crippen LogP contribution in [-0.4, -0.2) is 45.5 Å². The van der Waals surface area contributed by atoms with E-state index in [1.54, 1.807) is 41.6 Å². The van der Waals surface area contributed by atoms with Gasteiger partial charge < -0.3 is 16.0 Å². The first-order chi connectivity index (χ1) is 17.5. The van der Waals surface area contributed by atoms with Gasteiger partial charge in [-0.2, -0.15) is 0 Å². The predicted molar refractivity (Wildman–Crippen MR) is 135 cm³/mol. The molecule has 1 unspecified atom stereocenters. The number of hydrogen-bond donors (Lipinski definition) is 2. The van der Waals surface area contributed by atoms with Crippen molar-refractivity contribution < 1.29 is 14.0 Å². The van der Waals surface area contributed by atoms with Gasteiger partial charge in [0.1, 0.15) is 17.5 Å². The number of aliphatic imine (C=N–C) groups is 1. The number of likely N-dealkylation sites (tertiary alicyclic amines) is 1. The zero-order chi connectivity index (χ0) is 25.2. The van der Waals surface area contributed by atoms with Crippen molar-refractivity contribution in [1.29, 1.82) is 0 Å². The number of nitrogens with two attached hydrogens (primary N) is 1. The van der Waals surface area contributed by atoms with Crippen LogP contribution in [0.15, 0.2) is 72.5 Å². The number of aromatic nitrogens is 2. The van der Waals surface area contributed by atoms with Gasteiger partial charge in [0, 0.05) is 48.1 Å². The summed E-state index contributed by atoms with van der Waals surface area (Å²) in [4.78, 5) is 39.8. The predicted octanol–water partition coefficient (Wildman–Crippen LogP) is 3.77. The molecule has 3 aromatic rings. The van der Waals surface area contributed by atoms with Crippen molar-refractivity contribution in [3.05, 3.63) is 95.6 Å². The number of nitrogens with one attached hydrogen (secondary N) is 1. The minimum atomic E-state index is -0.593. The Morgan fingerprint density at radius 1 is 1.17 bits per heavy atom. The van der Waals surface area contributed by atoms with Gasteiger partial charge in [-0.25, -0.2) is 14.4 Å². The van der Waals surface area contributed by atoms with E-state index in [0.717, 1.165) is 18.4 Å². The SMILES string of the molecule is C=CC(=O)N1CCC[C@@H](C2N=C(c3ccc(C(=O)Nc4ccccn4)cc3F)c3c2ccnc3N)C1. The van der Waals surface area contributed by atoms with E-state index in [9.17, 15) is 9.59 Å². The Balaban J connectivity index is 1.47. The number of pyridine rings is 2. The number of fused-ring (bicyclic) bond motifs is 1. The van der Waals surface area contributed by atoms with Gasteiger partial charge in [-0.05, 0) is 60.9 Å². The van der Waals surface area contributed by atoms with Crippen LogP contribution in [0.4, 0.5) is 16.0 Å². The Morgan fingerprint density at radius 3 is 2.78 bits per heavy atom. The van der Waals surface area contributed by atoms with E-state index in [4.69, 9.17) is 10.7 Å². The highest BCUT2D eigenvalue weighted by Gasteiger charge is 2.37. The molecule has 8 nitrogen and oxygen atoms in total. The highest BCUT2D eigenvalue weighted by molar-refractivity contribution is 6.18. The largest absolute Gasteiger partial charge is 0.383 e. The smallest absolute Gasteiger partial charge is 0.256 e. The van der Waals surface area contributed by atoms with Crippen LogP contribution >= 0.6 is 0 Å². The number of piperidine rings is 1. The van der Waals surface area contributed by atoms with Crippen LogP contribution in [0.2, 0.25) is 0 Å². The number of amides is 2. The molecule has 2 aliphatic rings. The lowest BCUT2D eigenvalue weighted by Crippen LogP contribution is -2.40. The average molecular weight is 485 g/mol. The Morgan fingerprint density at radius 2 is 2.03 bits per heavy atom. The summed E-state index contributed by atoms with van der Waals surface area (Å²) in [6.45, 7) is 4.80. The van der Waals surface area contributed by atoms with Gasteiger partial charge in [-0.3, -0.25) is 14.6 Å². The van der Waals surface area contributed by atoms with E-state index in [1.165, 1.54) is 18.2 Å². The maximum Gasteiger partial charge on any atom is 0.256 e. The zero-order valence-corrected chi connectivity index (χ0v) is 19.5. The first kappa shape index (κ1) is 23.3. The van der Waals surface area contributed by atoms with Crippen molar-refractivity contribution in [1.82, 2.24) is 14.9 Å². The second-order valence-electron chi connectivity index (χ2n) is 8.84. The standard InChI is InChI=1S/C27H25FN6O2/c1-2-22(35)34-13-5-6-17(15-34)24-19-10-12-31-26(29)23(19)25(33-24)18-9-8-16(14-20(18)28)27(36)32-21-7-3-4-11-30-21/h2-4,7-12,14,17,24H,1,5-6,13,15H2,(H2,29,31)(H,30,32,36)/t17-,24?/m1/s1. The van der Waals surface area contributed by atoms with Gasteiger partial charge in [0.2, 0.25) is 5.91 Å². The molecular weight excluding hydrogens is 459 g/mol. The number of nitrogen functional groups attached to an aromatic ring is 1. The van der Waals surface area contributed by atoms with E-state index < -0.39 is 11.7 Å². The normalized spacial score (nSPS) is 18.8. The molecule has 2 aliphatic heterocycles. The lowest BCUT2D eigenvalue weighted by atomic mass is 9.86. The minimum absolute atomic E-state index is 0.0483. The Bertz CT molecular complexity index is 1370. The number of carbonyl (C=O) groups is 2. The number of benzene rings is 1. The summed E-state index contributed by atoms with van der Waals surface area (Å²) >= 11 is 0. The average Bonchev–Trinajstić information content (AvgIpc) is 3.29. The summed E-state index contributed by atoms with van der Waals surface area (Å²) in [5, 5.41) is 2.65. The highest BCUT2D eigenvalue weighted by Crippen LogP contribution is 2.42. The van der Waals surface area contributed by atoms with Gasteiger partial charge in [0.25, 0.3) is 5.91 Å². The van der Waals surface area contributed by atoms with E-state index >= 15 is 4.39 Å². The Labute approximate surface area is 207 Å². The Kier molecular flexibility index (Phi) is 6.28. The number of nitrogens with zero attached hydrogens (tertiary/aromatic N) is 4. The lowest BCUT2D eigenvalue weighted by Gasteiger charge is -2.34. The molecule has 5 rings (SSSR count). The number of halogens is 1. The summed E-state index contributed by atoms with van der Waals surface area (Å²) in [5.41, 5.74) is 8.50. The van der Waals surface area contributed by atoms with Crippen LogP contribution in [0, 0.1) is 11.7 Å². The third-order valence-electron chi connectivity index (χ3n) is 6.62. The first-order valence-corrected chi connectivity index (χ1v) is 11.7. The quantitative estimate of drug-likeness (QED) is 0.535. The van der Waals surface area contributed by atoms with Crippen molar-refractivity contribution in [2.24, 2.45) is 10.9 Å². The summed E-state index contributed by atoms with van der Waals surface area (Å²) in [6.07, 6.45) is 6.22. The molecule has 0 saturated carbocycles. The zero-order valence-electron chi connectivity index (χ0n) is 19.5. The van der Waals surface area contributed by atoms with Crippen LogP contribution in [-0.2, 0) is 4.79 Å². The lowest BCUT2D eigenvalue weighted by molar-refractivity contribution is -0.127. The van der Waals surface area contributed by atoms with Crippen LogP contribution < -0.4 is 11.1 Å². The molecule has 2 aromatic heterocycles. The molecule has 182 valence electrons. The minimum Gasteiger partial charge on any atom is -0.383 e. The van der Waals surface area contributed by atoms with Crippen LogP contribution in [0.1, 0.15) is 45.9 Å². The third-order valence-corrected chi connectivity index (χ3v) is 6.62. The molecule has 2 atom stereocenters. The van der Waals surface area contributed by atoms with E-state index in [1.807, 2.05) is 6.07 Å². The summed E-state index contributed by atoms with van der Waals surface area (Å²) < 4.78 is 15.4. The molecule has 4 heterocycles. The first-order valence-electron chi connectivity index (χ1n) is 11.7. The van der Waals surface area contributed by atoms with Gasteiger partial charge in [0.05, 0.1) is 11.8 Å². The number of carbonyl (C=O) groups excluding carboxylic acids is 2. The number of hydrogen-bond acceptors (Lipinski definition) is 6. The fourth-order valence-electron chi connectivity index (χ4n) is 4.91. The molecule has 1 aromatic carbocycles. The molecule has 0 bridgehead atoms. The van der Waals surface area contributed by atoms with E-state index in [2.05, 4.69) is 21.9 Å². The molecule has 0 aliphatic carbocycles. The second kappa shape index (κ2) is 9.69. The summed E-state index contributed by atoms with van der Waals surface area (Å²) in [5.74, 6) is -0.487. The van der Waals surface area contributed by atoms with Gasteiger partial charge in [-0.1, -0.05) is 12.6 Å². The number of rotatable bonds is 5. The molecule has 1 fully saturated rings. The molecule has 0 spiro atoms. The van der Waals surface area contributed by atoms with Gasteiger partial charge >= 0.3 is 0 Å². The molecule has 2 amide bonds. The molecule has 9 heteroatoms. The van der Waals surface area contributed by atoms with Crippen LogP contribution in [0.25, 0.3) is 0 Å². The molecule has 36 heavy (non-hydrogen) atoms.